The Morgan fingerprint density at radius 3 is 3.00 bits per heavy atom. The van der Waals surface area contributed by atoms with Crippen molar-refractivity contribution in [3.8, 4) is 0 Å². The van der Waals surface area contributed by atoms with Crippen LogP contribution in [0.1, 0.15) is 11.3 Å². The predicted octanol–water partition coefficient (Wildman–Crippen LogP) is 3.68. The van der Waals surface area contributed by atoms with E-state index in [9.17, 15) is 0 Å². The van der Waals surface area contributed by atoms with Gasteiger partial charge in [-0.3, -0.25) is 4.98 Å². The Bertz CT molecular complexity index is 720. The van der Waals surface area contributed by atoms with E-state index in [4.69, 9.17) is 0 Å². The summed E-state index contributed by atoms with van der Waals surface area (Å²) >= 11 is 1.59. The molecule has 0 aromatic carbocycles. The number of azo groups is 1. The fourth-order valence-corrected chi connectivity index (χ4v) is 2.63. The first-order valence-corrected chi connectivity index (χ1v) is 6.69. The third-order valence-corrected chi connectivity index (χ3v) is 3.72. The summed E-state index contributed by atoms with van der Waals surface area (Å²) in [7, 11) is 0. The maximum absolute atomic E-state index is 4.25. The number of aromatic nitrogens is 3. The van der Waals surface area contributed by atoms with Crippen molar-refractivity contribution in [1.82, 2.24) is 15.0 Å². The van der Waals surface area contributed by atoms with Gasteiger partial charge < -0.3 is 0 Å². The van der Waals surface area contributed by atoms with Crippen LogP contribution in [-0.4, -0.2) is 15.0 Å². The molecule has 0 aliphatic rings. The van der Waals surface area contributed by atoms with Crippen molar-refractivity contribution >= 4 is 27.4 Å². The van der Waals surface area contributed by atoms with Gasteiger partial charge in [0.05, 0.1) is 15.9 Å². The van der Waals surface area contributed by atoms with Gasteiger partial charge in [0.1, 0.15) is 12.9 Å². The molecule has 3 heterocycles. The van der Waals surface area contributed by atoms with Crippen LogP contribution < -0.4 is 0 Å². The maximum atomic E-state index is 4.25. The summed E-state index contributed by atoms with van der Waals surface area (Å²) in [5, 5.41) is 10.4. The smallest absolute Gasteiger partial charge is 0.195 e. The van der Waals surface area contributed by atoms with Crippen molar-refractivity contribution < 1.29 is 0 Å². The van der Waals surface area contributed by atoms with Crippen LogP contribution in [0.25, 0.3) is 10.2 Å². The topological polar surface area (TPSA) is 63.4 Å². The van der Waals surface area contributed by atoms with E-state index in [0.717, 1.165) is 21.5 Å². The zero-order chi connectivity index (χ0) is 13.1. The lowest BCUT2D eigenvalue weighted by Gasteiger charge is -1.95. The highest BCUT2D eigenvalue weighted by atomic mass is 32.1. The average molecular weight is 269 g/mol. The van der Waals surface area contributed by atoms with Gasteiger partial charge in [-0.25, -0.2) is 9.97 Å². The molecule has 0 spiro atoms. The zero-order valence-corrected chi connectivity index (χ0v) is 11.1. The molecular weight excluding hydrogens is 258 g/mol. The monoisotopic (exact) mass is 269 g/mol. The summed E-state index contributed by atoms with van der Waals surface area (Å²) < 4.78 is 0.977. The first kappa shape index (κ1) is 11.9. The van der Waals surface area contributed by atoms with Crippen LogP contribution in [0.4, 0.5) is 5.82 Å². The Labute approximate surface area is 114 Å². The van der Waals surface area contributed by atoms with E-state index in [1.807, 2.05) is 25.1 Å². The lowest BCUT2D eigenvalue weighted by Crippen LogP contribution is -1.84. The van der Waals surface area contributed by atoms with Crippen LogP contribution in [0.3, 0.4) is 0 Å². The Morgan fingerprint density at radius 1 is 1.21 bits per heavy atom. The second kappa shape index (κ2) is 5.19. The second-order valence-corrected chi connectivity index (χ2v) is 4.89. The van der Waals surface area contributed by atoms with Crippen LogP contribution in [-0.2, 0) is 6.54 Å². The van der Waals surface area contributed by atoms with Crippen molar-refractivity contribution in [3.05, 3.63) is 47.4 Å². The molecule has 3 rings (SSSR count). The normalized spacial score (nSPS) is 11.4. The fraction of sp³-hybridized carbons (Fsp3) is 0.154. The van der Waals surface area contributed by atoms with E-state index in [1.165, 1.54) is 6.33 Å². The second-order valence-electron chi connectivity index (χ2n) is 4.01. The van der Waals surface area contributed by atoms with Gasteiger partial charge in [0, 0.05) is 6.20 Å². The molecule has 0 fully saturated rings. The maximum Gasteiger partial charge on any atom is 0.195 e. The molecule has 0 saturated carbocycles. The third-order valence-electron chi connectivity index (χ3n) is 2.64. The molecule has 0 unspecified atom stereocenters. The van der Waals surface area contributed by atoms with Gasteiger partial charge >= 0.3 is 0 Å². The summed E-state index contributed by atoms with van der Waals surface area (Å²) in [6.07, 6.45) is 3.27. The summed E-state index contributed by atoms with van der Waals surface area (Å²) in [5.74, 6) is 0.624. The number of nitrogens with zero attached hydrogens (tertiary/aromatic N) is 5. The minimum absolute atomic E-state index is 0.455. The minimum atomic E-state index is 0.455. The molecule has 0 aliphatic carbocycles. The number of pyridine rings is 1. The summed E-state index contributed by atoms with van der Waals surface area (Å²) in [6, 6.07) is 5.73. The number of hydrogen-bond acceptors (Lipinski definition) is 6. The van der Waals surface area contributed by atoms with E-state index >= 15 is 0 Å². The molecule has 6 heteroatoms. The van der Waals surface area contributed by atoms with Crippen LogP contribution in [0.15, 0.2) is 46.3 Å². The average Bonchev–Trinajstić information content (AvgIpc) is 2.83. The minimum Gasteiger partial charge on any atom is -0.259 e. The molecule has 0 atom stereocenters. The third kappa shape index (κ3) is 2.48. The van der Waals surface area contributed by atoms with E-state index in [0.29, 0.717) is 12.4 Å². The highest BCUT2D eigenvalue weighted by molar-refractivity contribution is 7.17. The van der Waals surface area contributed by atoms with Gasteiger partial charge in [0.2, 0.25) is 0 Å². The lowest BCUT2D eigenvalue weighted by atomic mass is 10.3. The van der Waals surface area contributed by atoms with Crippen molar-refractivity contribution in [3.63, 3.8) is 0 Å². The number of thiophene rings is 1. The fourth-order valence-electron chi connectivity index (χ4n) is 1.69. The molecule has 94 valence electrons. The largest absolute Gasteiger partial charge is 0.259 e. The van der Waals surface area contributed by atoms with Crippen molar-refractivity contribution in [2.24, 2.45) is 10.2 Å². The molecule has 0 radical (unpaired) electrons. The SMILES string of the molecule is Cc1csc2c(N=NCc3ccccn3)ncnc12. The number of hydrogen-bond donors (Lipinski definition) is 0. The van der Waals surface area contributed by atoms with Crippen molar-refractivity contribution in [1.29, 1.82) is 0 Å². The molecule has 0 saturated heterocycles. The van der Waals surface area contributed by atoms with Crippen LogP contribution in [0.2, 0.25) is 0 Å². The van der Waals surface area contributed by atoms with Gasteiger partial charge in [-0.15, -0.1) is 16.5 Å². The Morgan fingerprint density at radius 2 is 2.16 bits per heavy atom. The van der Waals surface area contributed by atoms with Gasteiger partial charge in [-0.1, -0.05) is 6.07 Å². The number of aryl methyl sites for hydroxylation is 1. The van der Waals surface area contributed by atoms with E-state index in [-0.39, 0.29) is 0 Å². The first-order valence-electron chi connectivity index (χ1n) is 5.81. The van der Waals surface area contributed by atoms with Gasteiger partial charge in [-0.05, 0) is 30.0 Å². The zero-order valence-electron chi connectivity index (χ0n) is 10.3. The van der Waals surface area contributed by atoms with Gasteiger partial charge in [0.25, 0.3) is 0 Å². The van der Waals surface area contributed by atoms with Gasteiger partial charge in [0.15, 0.2) is 5.82 Å². The predicted molar refractivity (Wildman–Crippen MR) is 74.6 cm³/mol. The Kier molecular flexibility index (Phi) is 3.24. The molecule has 0 aliphatic heterocycles. The number of rotatable bonds is 3. The van der Waals surface area contributed by atoms with Crippen molar-refractivity contribution in [2.75, 3.05) is 0 Å². The van der Waals surface area contributed by atoms with Crippen LogP contribution in [0.5, 0.6) is 0 Å². The molecule has 5 nitrogen and oxygen atoms in total. The molecule has 3 aromatic rings. The van der Waals surface area contributed by atoms with Gasteiger partial charge in [-0.2, -0.15) is 5.11 Å². The molecule has 0 N–H and O–H groups in total. The Hall–Kier alpha value is -2.21. The highest BCUT2D eigenvalue weighted by Crippen LogP contribution is 2.30. The van der Waals surface area contributed by atoms with Crippen molar-refractivity contribution in [2.45, 2.75) is 13.5 Å². The van der Waals surface area contributed by atoms with E-state index in [2.05, 4.69) is 30.6 Å². The standard InChI is InChI=1S/C13H11N5S/c1-9-7-19-12-11(9)15-8-16-13(12)18-17-6-10-4-2-3-5-14-10/h2-5,7-8H,6H2,1H3. The van der Waals surface area contributed by atoms with E-state index < -0.39 is 0 Å². The molecular formula is C13H11N5S. The number of fused-ring (bicyclic) bond motifs is 1. The molecule has 3 aromatic heterocycles. The molecule has 0 bridgehead atoms. The quantitative estimate of drug-likeness (QED) is 0.681. The lowest BCUT2D eigenvalue weighted by molar-refractivity contribution is 0.908. The Balaban J connectivity index is 1.85. The van der Waals surface area contributed by atoms with E-state index in [1.54, 1.807) is 17.5 Å². The molecule has 0 amide bonds. The first-order chi connectivity index (χ1) is 9.34. The van der Waals surface area contributed by atoms with Crippen LogP contribution in [0, 0.1) is 6.92 Å². The highest BCUT2D eigenvalue weighted by Gasteiger charge is 2.06. The summed E-state index contributed by atoms with van der Waals surface area (Å²) in [5.41, 5.74) is 2.98. The van der Waals surface area contributed by atoms with Crippen LogP contribution >= 0.6 is 11.3 Å². The summed E-state index contributed by atoms with van der Waals surface area (Å²) in [4.78, 5) is 12.6. The molecule has 19 heavy (non-hydrogen) atoms. The summed E-state index contributed by atoms with van der Waals surface area (Å²) in [6.45, 7) is 2.48.